The van der Waals surface area contributed by atoms with Crippen LogP contribution in [0.5, 0.6) is 0 Å². The lowest BCUT2D eigenvalue weighted by Crippen LogP contribution is -2.43. The minimum atomic E-state index is -0.372. The lowest BCUT2D eigenvalue weighted by atomic mass is 9.93. The summed E-state index contributed by atoms with van der Waals surface area (Å²) in [5, 5.41) is 5.56. The Morgan fingerprint density at radius 1 is 0.564 bits per heavy atom. The van der Waals surface area contributed by atoms with Gasteiger partial charge in [0, 0.05) is 22.9 Å². The van der Waals surface area contributed by atoms with Gasteiger partial charge in [0.2, 0.25) is 11.8 Å². The highest BCUT2D eigenvalue weighted by Crippen LogP contribution is 2.36. The van der Waals surface area contributed by atoms with Crippen LogP contribution in [0.3, 0.4) is 0 Å². The summed E-state index contributed by atoms with van der Waals surface area (Å²) in [6.07, 6.45) is 0. The van der Waals surface area contributed by atoms with Crippen molar-refractivity contribution in [2.45, 2.75) is 34.1 Å². The number of nitrogens with one attached hydrogen (secondary N) is 2. The lowest BCUT2D eigenvalue weighted by Gasteiger charge is -2.28. The van der Waals surface area contributed by atoms with Crippen molar-refractivity contribution in [3.63, 3.8) is 0 Å². The first kappa shape index (κ1) is 28.5. The fourth-order valence-corrected chi connectivity index (χ4v) is 6.11. The van der Waals surface area contributed by atoms with Crippen LogP contribution in [0.15, 0.2) is 131 Å². The van der Waals surface area contributed by atoms with Gasteiger partial charge in [0.05, 0.1) is 0 Å². The molecule has 0 radical (unpaired) electrons. The van der Waals surface area contributed by atoms with E-state index < -0.39 is 0 Å². The van der Waals surface area contributed by atoms with Crippen LogP contribution in [0.4, 0.5) is 0 Å². The Labute approximate surface area is 240 Å². The van der Waals surface area contributed by atoms with E-state index in [1.807, 2.05) is 121 Å². The van der Waals surface area contributed by atoms with Crippen molar-refractivity contribution >= 4 is 35.3 Å². The van der Waals surface area contributed by atoms with Crippen molar-refractivity contribution in [1.29, 1.82) is 0 Å². The molecule has 2 atom stereocenters. The van der Waals surface area contributed by atoms with Crippen LogP contribution in [0, 0.1) is 5.41 Å². The topological polar surface area (TPSA) is 58.2 Å². The van der Waals surface area contributed by atoms with Gasteiger partial charge in [-0.2, -0.15) is 0 Å². The zero-order valence-electron chi connectivity index (χ0n) is 22.2. The summed E-state index contributed by atoms with van der Waals surface area (Å²) in [5.41, 5.74) is 1.57. The molecule has 4 aromatic rings. The zero-order chi connectivity index (χ0) is 27.5. The minimum absolute atomic E-state index is 0.0451. The second-order valence-corrected chi connectivity index (χ2v) is 12.4. The molecule has 0 saturated carbocycles. The third-order valence-corrected chi connectivity index (χ3v) is 8.69. The molecule has 4 aromatic carbocycles. The van der Waals surface area contributed by atoms with E-state index in [1.165, 1.54) is 23.5 Å². The average Bonchev–Trinajstić information content (AvgIpc) is 2.98. The number of amides is 2. The number of carbonyl (C=O) groups excluding carboxylic acids is 2. The summed E-state index contributed by atoms with van der Waals surface area (Å²) in [7, 11) is 0. The standard InChI is InChI=1S/C33H34N2O2S2/c1-33(2,23-34-31(36)29(25-15-7-3-8-16-25)38-27-19-11-5-12-20-27)24-35-32(37)30(26-17-9-4-10-18-26)39-28-21-13-6-14-22-28/h3-22,29-30H,23-24H2,1-2H3,(H,34,36)(H,35,37). The third kappa shape index (κ3) is 8.77. The van der Waals surface area contributed by atoms with Gasteiger partial charge < -0.3 is 10.6 Å². The van der Waals surface area contributed by atoms with Gasteiger partial charge in [0.25, 0.3) is 0 Å². The van der Waals surface area contributed by atoms with Crippen molar-refractivity contribution in [1.82, 2.24) is 10.6 Å². The molecule has 2 N–H and O–H groups in total. The summed E-state index contributed by atoms with van der Waals surface area (Å²) in [5.74, 6) is -0.0903. The van der Waals surface area contributed by atoms with Gasteiger partial charge in [-0.1, -0.05) is 111 Å². The highest BCUT2D eigenvalue weighted by atomic mass is 32.2. The molecule has 0 fully saturated rings. The van der Waals surface area contributed by atoms with E-state index in [0.717, 1.165) is 20.9 Å². The Hall–Kier alpha value is -3.48. The quantitative estimate of drug-likeness (QED) is 0.180. The molecular formula is C33H34N2O2S2. The largest absolute Gasteiger partial charge is 0.354 e. The van der Waals surface area contributed by atoms with Gasteiger partial charge in [-0.25, -0.2) is 0 Å². The Bertz CT molecular complexity index is 1210. The number of hydrogen-bond donors (Lipinski definition) is 2. The molecular weight excluding hydrogens is 521 g/mol. The Morgan fingerprint density at radius 3 is 1.21 bits per heavy atom. The van der Waals surface area contributed by atoms with Gasteiger partial charge in [0.15, 0.2) is 0 Å². The molecule has 0 aliphatic carbocycles. The second kappa shape index (κ2) is 14.1. The maximum absolute atomic E-state index is 13.4. The number of thioether (sulfide) groups is 2. The van der Waals surface area contributed by atoms with E-state index in [0.29, 0.717) is 13.1 Å². The first-order valence-electron chi connectivity index (χ1n) is 13.0. The molecule has 0 spiro atoms. The van der Waals surface area contributed by atoms with Crippen LogP contribution in [-0.2, 0) is 9.59 Å². The summed E-state index contributed by atoms with van der Waals surface area (Å²) < 4.78 is 0. The predicted octanol–water partition coefficient (Wildman–Crippen LogP) is 7.31. The van der Waals surface area contributed by atoms with Crippen LogP contribution >= 0.6 is 23.5 Å². The van der Waals surface area contributed by atoms with Crippen LogP contribution in [0.2, 0.25) is 0 Å². The van der Waals surface area contributed by atoms with Crippen molar-refractivity contribution in [3.05, 3.63) is 132 Å². The minimum Gasteiger partial charge on any atom is -0.354 e. The predicted molar refractivity (Wildman–Crippen MR) is 163 cm³/mol. The van der Waals surface area contributed by atoms with E-state index in [2.05, 4.69) is 24.5 Å². The maximum Gasteiger partial charge on any atom is 0.238 e. The van der Waals surface area contributed by atoms with Crippen LogP contribution < -0.4 is 10.6 Å². The SMILES string of the molecule is CC(C)(CNC(=O)C(Sc1ccccc1)c1ccccc1)CNC(=O)C(Sc1ccccc1)c1ccccc1. The summed E-state index contributed by atoms with van der Waals surface area (Å²) in [6, 6.07) is 39.6. The molecule has 2 amide bonds. The van der Waals surface area contributed by atoms with Crippen molar-refractivity contribution < 1.29 is 9.59 Å². The van der Waals surface area contributed by atoms with Crippen LogP contribution in [0.1, 0.15) is 35.5 Å². The third-order valence-electron chi connectivity index (χ3n) is 6.16. The van der Waals surface area contributed by atoms with Crippen molar-refractivity contribution in [2.75, 3.05) is 13.1 Å². The average molecular weight is 555 g/mol. The molecule has 200 valence electrons. The lowest BCUT2D eigenvalue weighted by molar-refractivity contribution is -0.121. The molecule has 0 bridgehead atoms. The summed E-state index contributed by atoms with van der Waals surface area (Å²) in [4.78, 5) is 28.9. The maximum atomic E-state index is 13.4. The molecule has 0 heterocycles. The second-order valence-electron chi connectivity index (χ2n) is 10.0. The molecule has 6 heteroatoms. The van der Waals surface area contributed by atoms with Gasteiger partial charge in [-0.05, 0) is 40.8 Å². The van der Waals surface area contributed by atoms with Gasteiger partial charge >= 0.3 is 0 Å². The molecule has 0 saturated heterocycles. The van der Waals surface area contributed by atoms with E-state index in [1.54, 1.807) is 0 Å². The molecule has 39 heavy (non-hydrogen) atoms. The Balaban J connectivity index is 1.38. The number of hydrogen-bond acceptors (Lipinski definition) is 4. The van der Waals surface area contributed by atoms with Gasteiger partial charge in [0.1, 0.15) is 10.5 Å². The fraction of sp³-hybridized carbons (Fsp3) is 0.212. The normalized spacial score (nSPS) is 12.8. The van der Waals surface area contributed by atoms with Crippen LogP contribution in [-0.4, -0.2) is 24.9 Å². The van der Waals surface area contributed by atoms with Gasteiger partial charge in [-0.3, -0.25) is 9.59 Å². The number of benzene rings is 4. The first-order valence-corrected chi connectivity index (χ1v) is 14.8. The van der Waals surface area contributed by atoms with Crippen molar-refractivity contribution in [3.8, 4) is 0 Å². The van der Waals surface area contributed by atoms with E-state index >= 15 is 0 Å². The molecule has 2 unspecified atom stereocenters. The highest BCUT2D eigenvalue weighted by Gasteiger charge is 2.27. The van der Waals surface area contributed by atoms with E-state index in [4.69, 9.17) is 0 Å². The molecule has 0 aliphatic heterocycles. The Kier molecular flexibility index (Phi) is 10.3. The molecule has 4 nitrogen and oxygen atoms in total. The monoisotopic (exact) mass is 554 g/mol. The Morgan fingerprint density at radius 2 is 0.872 bits per heavy atom. The van der Waals surface area contributed by atoms with Crippen LogP contribution in [0.25, 0.3) is 0 Å². The summed E-state index contributed by atoms with van der Waals surface area (Å²) >= 11 is 3.07. The first-order chi connectivity index (χ1) is 18.9. The zero-order valence-corrected chi connectivity index (χ0v) is 23.9. The number of rotatable bonds is 12. The van der Waals surface area contributed by atoms with Crippen molar-refractivity contribution in [2.24, 2.45) is 5.41 Å². The fourth-order valence-electron chi connectivity index (χ4n) is 3.97. The molecule has 0 aliphatic rings. The highest BCUT2D eigenvalue weighted by molar-refractivity contribution is 8.00. The molecule has 4 rings (SSSR count). The smallest absolute Gasteiger partial charge is 0.238 e. The van der Waals surface area contributed by atoms with Gasteiger partial charge in [-0.15, -0.1) is 23.5 Å². The summed E-state index contributed by atoms with van der Waals surface area (Å²) in [6.45, 7) is 4.98. The number of carbonyl (C=O) groups is 2. The van der Waals surface area contributed by atoms with E-state index in [-0.39, 0.29) is 27.7 Å². The molecule has 0 aromatic heterocycles. The van der Waals surface area contributed by atoms with E-state index in [9.17, 15) is 9.59 Å².